The van der Waals surface area contributed by atoms with Gasteiger partial charge in [-0.1, -0.05) is 89.9 Å². The van der Waals surface area contributed by atoms with Crippen LogP contribution in [0, 0.1) is 0 Å². The number of rotatable bonds is 8. The first-order valence-corrected chi connectivity index (χ1v) is 10.8. The summed E-state index contributed by atoms with van der Waals surface area (Å²) in [5.41, 5.74) is 2.63. The molecule has 0 saturated heterocycles. The molecule has 0 spiro atoms. The Labute approximate surface area is 192 Å². The minimum atomic E-state index is -0.650. The Kier molecular flexibility index (Phi) is 8.10. The third-order valence-corrected chi connectivity index (χ3v) is 5.62. The number of carbonyl (C=O) groups is 2. The van der Waals surface area contributed by atoms with E-state index >= 15 is 0 Å². The summed E-state index contributed by atoms with van der Waals surface area (Å²) in [4.78, 5) is 27.7. The zero-order valence-electron chi connectivity index (χ0n) is 17.2. The van der Waals surface area contributed by atoms with E-state index in [4.69, 9.17) is 23.2 Å². The van der Waals surface area contributed by atoms with E-state index in [9.17, 15) is 9.59 Å². The summed E-state index contributed by atoms with van der Waals surface area (Å²) in [6, 6.07) is 23.7. The van der Waals surface area contributed by atoms with Crippen LogP contribution in [0.2, 0.25) is 10.0 Å². The SMILES string of the molecule is C[C@@H](C(=O)NCc1ccc(Cl)cc1Cl)N(Cc1ccccc1)C(=O)Cc1ccccc1. The van der Waals surface area contributed by atoms with Gasteiger partial charge in [-0.15, -0.1) is 0 Å². The fourth-order valence-electron chi connectivity index (χ4n) is 3.23. The highest BCUT2D eigenvalue weighted by Crippen LogP contribution is 2.21. The molecule has 31 heavy (non-hydrogen) atoms. The average Bonchev–Trinajstić information content (AvgIpc) is 2.77. The van der Waals surface area contributed by atoms with Crippen LogP contribution in [0.3, 0.4) is 0 Å². The van der Waals surface area contributed by atoms with Crippen molar-refractivity contribution in [2.24, 2.45) is 0 Å². The van der Waals surface area contributed by atoms with Crippen LogP contribution in [0.1, 0.15) is 23.6 Å². The number of nitrogens with zero attached hydrogens (tertiary/aromatic N) is 1. The van der Waals surface area contributed by atoms with Crippen LogP contribution in [0.25, 0.3) is 0 Å². The molecule has 0 aromatic heterocycles. The van der Waals surface area contributed by atoms with Crippen LogP contribution in [0.15, 0.2) is 78.9 Å². The maximum absolute atomic E-state index is 13.1. The van der Waals surface area contributed by atoms with Crippen molar-refractivity contribution in [1.82, 2.24) is 10.2 Å². The molecule has 160 valence electrons. The number of hydrogen-bond donors (Lipinski definition) is 1. The van der Waals surface area contributed by atoms with Crippen molar-refractivity contribution >= 4 is 35.0 Å². The number of amides is 2. The highest BCUT2D eigenvalue weighted by atomic mass is 35.5. The number of benzene rings is 3. The van der Waals surface area contributed by atoms with Gasteiger partial charge in [0.05, 0.1) is 6.42 Å². The predicted molar refractivity (Wildman–Crippen MR) is 125 cm³/mol. The van der Waals surface area contributed by atoms with Crippen molar-refractivity contribution in [2.75, 3.05) is 0 Å². The maximum atomic E-state index is 13.1. The van der Waals surface area contributed by atoms with Crippen molar-refractivity contribution in [1.29, 1.82) is 0 Å². The van der Waals surface area contributed by atoms with Crippen LogP contribution >= 0.6 is 23.2 Å². The van der Waals surface area contributed by atoms with Crippen molar-refractivity contribution in [3.8, 4) is 0 Å². The van der Waals surface area contributed by atoms with Gasteiger partial charge in [-0.25, -0.2) is 0 Å². The first-order chi connectivity index (χ1) is 14.9. The van der Waals surface area contributed by atoms with E-state index in [0.29, 0.717) is 16.6 Å². The van der Waals surface area contributed by atoms with E-state index in [0.717, 1.165) is 16.7 Å². The van der Waals surface area contributed by atoms with Gasteiger partial charge in [0.25, 0.3) is 0 Å². The molecule has 6 heteroatoms. The smallest absolute Gasteiger partial charge is 0.242 e. The van der Waals surface area contributed by atoms with E-state index in [1.165, 1.54) is 0 Å². The molecule has 0 radical (unpaired) electrons. The second-order valence-corrected chi connectivity index (χ2v) is 8.14. The van der Waals surface area contributed by atoms with Gasteiger partial charge in [0.2, 0.25) is 11.8 Å². The minimum absolute atomic E-state index is 0.109. The molecule has 0 bridgehead atoms. The lowest BCUT2D eigenvalue weighted by atomic mass is 10.1. The molecule has 1 N–H and O–H groups in total. The fourth-order valence-corrected chi connectivity index (χ4v) is 3.71. The van der Waals surface area contributed by atoms with E-state index in [2.05, 4.69) is 5.32 Å². The summed E-state index contributed by atoms with van der Waals surface area (Å²) in [6.07, 6.45) is 0.230. The van der Waals surface area contributed by atoms with Gasteiger partial charge in [0, 0.05) is 23.1 Å². The monoisotopic (exact) mass is 454 g/mol. The van der Waals surface area contributed by atoms with E-state index < -0.39 is 6.04 Å². The Morgan fingerprint density at radius 1 is 0.903 bits per heavy atom. The molecular formula is C25H24Cl2N2O2. The zero-order chi connectivity index (χ0) is 22.2. The van der Waals surface area contributed by atoms with Gasteiger partial charge in [-0.3, -0.25) is 9.59 Å². The molecule has 1 atom stereocenters. The topological polar surface area (TPSA) is 49.4 Å². The molecule has 2 amide bonds. The molecule has 3 aromatic carbocycles. The summed E-state index contributed by atoms with van der Waals surface area (Å²) in [7, 11) is 0. The molecular weight excluding hydrogens is 431 g/mol. The van der Waals surface area contributed by atoms with Crippen LogP contribution in [0.4, 0.5) is 0 Å². The number of hydrogen-bond acceptors (Lipinski definition) is 2. The van der Waals surface area contributed by atoms with Gasteiger partial charge in [-0.2, -0.15) is 0 Å². The second kappa shape index (κ2) is 11.0. The lowest BCUT2D eigenvalue weighted by Crippen LogP contribution is -2.48. The second-order valence-electron chi connectivity index (χ2n) is 7.30. The van der Waals surface area contributed by atoms with Crippen molar-refractivity contribution < 1.29 is 9.59 Å². The summed E-state index contributed by atoms with van der Waals surface area (Å²) in [5.74, 6) is -0.356. The lowest BCUT2D eigenvalue weighted by Gasteiger charge is -2.29. The standard InChI is InChI=1S/C25H24Cl2N2O2/c1-18(25(31)28-16-21-12-13-22(26)15-23(21)27)29(17-20-10-6-3-7-11-20)24(30)14-19-8-4-2-5-9-19/h2-13,15,18H,14,16-17H2,1H3,(H,28,31)/t18-/m0/s1. The van der Waals surface area contributed by atoms with Crippen LogP contribution in [-0.4, -0.2) is 22.8 Å². The summed E-state index contributed by atoms with van der Waals surface area (Å²) in [6.45, 7) is 2.35. The van der Waals surface area contributed by atoms with Crippen LogP contribution in [-0.2, 0) is 29.1 Å². The Morgan fingerprint density at radius 3 is 2.13 bits per heavy atom. The van der Waals surface area contributed by atoms with Crippen molar-refractivity contribution in [3.63, 3.8) is 0 Å². The Bertz CT molecular complexity index is 1030. The summed E-state index contributed by atoms with van der Waals surface area (Å²) in [5, 5.41) is 3.91. The van der Waals surface area contributed by atoms with Gasteiger partial charge < -0.3 is 10.2 Å². The van der Waals surface area contributed by atoms with E-state index in [1.807, 2.05) is 60.7 Å². The Balaban J connectivity index is 1.73. The minimum Gasteiger partial charge on any atom is -0.350 e. The number of carbonyl (C=O) groups excluding carboxylic acids is 2. The molecule has 0 unspecified atom stereocenters. The average molecular weight is 455 g/mol. The van der Waals surface area contributed by atoms with E-state index in [1.54, 1.807) is 30.0 Å². The number of nitrogens with one attached hydrogen (secondary N) is 1. The van der Waals surface area contributed by atoms with Crippen LogP contribution < -0.4 is 5.32 Å². The maximum Gasteiger partial charge on any atom is 0.242 e. The van der Waals surface area contributed by atoms with Gasteiger partial charge in [0.15, 0.2) is 0 Å². The molecule has 0 fully saturated rings. The molecule has 0 aliphatic heterocycles. The summed E-state index contributed by atoms with van der Waals surface area (Å²) < 4.78 is 0. The highest BCUT2D eigenvalue weighted by molar-refractivity contribution is 6.35. The highest BCUT2D eigenvalue weighted by Gasteiger charge is 2.26. The third kappa shape index (κ3) is 6.58. The first kappa shape index (κ1) is 22.9. The Morgan fingerprint density at radius 2 is 1.52 bits per heavy atom. The normalized spacial score (nSPS) is 11.6. The molecule has 0 saturated carbocycles. The van der Waals surface area contributed by atoms with Gasteiger partial charge in [0.1, 0.15) is 6.04 Å². The summed E-state index contributed by atoms with van der Waals surface area (Å²) >= 11 is 12.1. The lowest BCUT2D eigenvalue weighted by molar-refractivity contribution is -0.140. The third-order valence-electron chi connectivity index (χ3n) is 5.03. The molecule has 3 rings (SSSR count). The van der Waals surface area contributed by atoms with Crippen molar-refractivity contribution in [2.45, 2.75) is 32.5 Å². The molecule has 0 aliphatic carbocycles. The zero-order valence-corrected chi connectivity index (χ0v) is 18.7. The fraction of sp³-hybridized carbons (Fsp3) is 0.200. The first-order valence-electron chi connectivity index (χ1n) is 10.0. The van der Waals surface area contributed by atoms with Crippen molar-refractivity contribution in [3.05, 3.63) is 106 Å². The molecule has 3 aromatic rings. The van der Waals surface area contributed by atoms with Gasteiger partial charge >= 0.3 is 0 Å². The Hall–Kier alpha value is -2.82. The largest absolute Gasteiger partial charge is 0.350 e. The predicted octanol–water partition coefficient (Wildman–Crippen LogP) is 5.27. The molecule has 0 heterocycles. The molecule has 4 nitrogen and oxygen atoms in total. The quantitative estimate of drug-likeness (QED) is 0.503. The van der Waals surface area contributed by atoms with Crippen LogP contribution in [0.5, 0.6) is 0 Å². The molecule has 0 aliphatic rings. The number of halogens is 2. The van der Waals surface area contributed by atoms with Gasteiger partial charge in [-0.05, 0) is 35.7 Å². The van der Waals surface area contributed by atoms with E-state index in [-0.39, 0.29) is 24.8 Å².